The number of benzene rings is 1. The minimum absolute atomic E-state index is 0.103. The Morgan fingerprint density at radius 2 is 2.10 bits per heavy atom. The first-order valence-electron chi connectivity index (χ1n) is 5.29. The number of hydrogen-bond acceptors (Lipinski definition) is 7. The maximum absolute atomic E-state index is 12.1. The molecule has 0 bridgehead atoms. The van der Waals surface area contributed by atoms with Crippen LogP contribution in [0.1, 0.15) is 5.69 Å². The lowest BCUT2D eigenvalue weighted by Gasteiger charge is -2.07. The summed E-state index contributed by atoms with van der Waals surface area (Å²) in [5, 5.41) is 14.2. The molecule has 0 radical (unpaired) electrons. The highest BCUT2D eigenvalue weighted by Crippen LogP contribution is 2.26. The van der Waals surface area contributed by atoms with Gasteiger partial charge in [0.25, 0.3) is 15.7 Å². The van der Waals surface area contributed by atoms with Gasteiger partial charge in [-0.25, -0.2) is 13.1 Å². The summed E-state index contributed by atoms with van der Waals surface area (Å²) in [5.41, 5.74) is 5.53. The number of aromatic nitrogens is 1. The third-order valence-corrected chi connectivity index (χ3v) is 3.76. The van der Waals surface area contributed by atoms with Crippen molar-refractivity contribution in [2.24, 2.45) is 0 Å². The van der Waals surface area contributed by atoms with Gasteiger partial charge in [0.2, 0.25) is 5.88 Å². The quantitative estimate of drug-likeness (QED) is 0.491. The van der Waals surface area contributed by atoms with Gasteiger partial charge < -0.3 is 10.3 Å². The molecular weight excluding hydrogens is 288 g/mol. The Balaban J connectivity index is 2.43. The summed E-state index contributed by atoms with van der Waals surface area (Å²) in [6, 6.07) is 4.51. The Morgan fingerprint density at radius 3 is 2.65 bits per heavy atom. The molecule has 3 N–H and O–H groups in total. The van der Waals surface area contributed by atoms with Gasteiger partial charge in [-0.15, -0.1) is 0 Å². The Kier molecular flexibility index (Phi) is 3.32. The zero-order valence-corrected chi connectivity index (χ0v) is 11.0. The number of aryl methyl sites for hydroxylation is 1. The molecule has 0 atom stereocenters. The molecule has 2 rings (SSSR count). The van der Waals surface area contributed by atoms with Gasteiger partial charge in [0.15, 0.2) is 0 Å². The van der Waals surface area contributed by atoms with Crippen LogP contribution in [0.2, 0.25) is 0 Å². The molecule has 9 nitrogen and oxygen atoms in total. The average Bonchev–Trinajstić information content (AvgIpc) is 2.73. The van der Waals surface area contributed by atoms with Crippen molar-refractivity contribution in [3.05, 3.63) is 40.1 Å². The van der Waals surface area contributed by atoms with E-state index >= 15 is 0 Å². The number of nitro benzene ring substituents is 1. The lowest BCUT2D eigenvalue weighted by molar-refractivity contribution is -0.385. The second-order valence-corrected chi connectivity index (χ2v) is 5.57. The van der Waals surface area contributed by atoms with Crippen LogP contribution in [0.4, 0.5) is 17.3 Å². The van der Waals surface area contributed by atoms with Gasteiger partial charge in [0, 0.05) is 18.2 Å². The summed E-state index contributed by atoms with van der Waals surface area (Å²) in [4.78, 5) is 9.56. The summed E-state index contributed by atoms with van der Waals surface area (Å²) in [5.74, 6) is -0.103. The number of rotatable bonds is 4. The highest BCUT2D eigenvalue weighted by molar-refractivity contribution is 7.92. The first-order valence-corrected chi connectivity index (χ1v) is 6.78. The first kappa shape index (κ1) is 13.8. The Labute approximate surface area is 113 Å². The predicted octanol–water partition coefficient (Wildman–Crippen LogP) is 1.27. The van der Waals surface area contributed by atoms with Crippen molar-refractivity contribution in [1.29, 1.82) is 0 Å². The third-order valence-electron chi connectivity index (χ3n) is 2.36. The zero-order chi connectivity index (χ0) is 14.9. The van der Waals surface area contributed by atoms with Crippen molar-refractivity contribution in [2.45, 2.75) is 11.8 Å². The fraction of sp³-hybridized carbons (Fsp3) is 0.100. The van der Waals surface area contributed by atoms with E-state index < -0.39 is 19.8 Å². The molecule has 10 heteroatoms. The van der Waals surface area contributed by atoms with Crippen LogP contribution in [0.25, 0.3) is 0 Å². The Morgan fingerprint density at radius 1 is 1.40 bits per heavy atom. The van der Waals surface area contributed by atoms with E-state index in [0.29, 0.717) is 5.69 Å². The van der Waals surface area contributed by atoms with Gasteiger partial charge in [0.1, 0.15) is 4.90 Å². The molecule has 2 aromatic rings. The topological polar surface area (TPSA) is 141 Å². The molecule has 20 heavy (non-hydrogen) atoms. The molecule has 0 fully saturated rings. The smallest absolute Gasteiger partial charge is 0.270 e. The number of anilines is 2. The average molecular weight is 298 g/mol. The molecule has 1 heterocycles. The maximum Gasteiger partial charge on any atom is 0.270 e. The Bertz CT molecular complexity index is 768. The van der Waals surface area contributed by atoms with Gasteiger partial charge in [-0.05, 0) is 13.0 Å². The highest BCUT2D eigenvalue weighted by atomic mass is 32.2. The monoisotopic (exact) mass is 298 g/mol. The number of nitro groups is 1. The first-order chi connectivity index (χ1) is 9.29. The number of nitrogens with zero attached hydrogens (tertiary/aromatic N) is 2. The number of nitrogens with two attached hydrogens (primary N) is 1. The summed E-state index contributed by atoms with van der Waals surface area (Å²) in [7, 11) is -4.10. The summed E-state index contributed by atoms with van der Waals surface area (Å²) in [6.45, 7) is 1.61. The molecule has 0 spiro atoms. The van der Waals surface area contributed by atoms with Crippen molar-refractivity contribution in [3.63, 3.8) is 0 Å². The summed E-state index contributed by atoms with van der Waals surface area (Å²) >= 11 is 0. The van der Waals surface area contributed by atoms with E-state index in [-0.39, 0.29) is 17.3 Å². The minimum Gasteiger partial charge on any atom is -0.398 e. The van der Waals surface area contributed by atoms with Crippen LogP contribution in [0.5, 0.6) is 0 Å². The van der Waals surface area contributed by atoms with E-state index in [1.807, 2.05) is 0 Å². The largest absolute Gasteiger partial charge is 0.398 e. The molecular formula is C10H10N4O5S. The molecule has 0 amide bonds. The van der Waals surface area contributed by atoms with Crippen LogP contribution in [0.3, 0.4) is 0 Å². The van der Waals surface area contributed by atoms with Crippen LogP contribution in [0, 0.1) is 17.0 Å². The fourth-order valence-electron chi connectivity index (χ4n) is 1.47. The van der Waals surface area contributed by atoms with Crippen LogP contribution < -0.4 is 10.5 Å². The Hall–Kier alpha value is -2.62. The molecule has 1 aromatic heterocycles. The lowest BCUT2D eigenvalue weighted by Crippen LogP contribution is -2.14. The molecule has 0 saturated carbocycles. The highest BCUT2D eigenvalue weighted by Gasteiger charge is 2.22. The van der Waals surface area contributed by atoms with Crippen molar-refractivity contribution in [2.75, 3.05) is 10.5 Å². The van der Waals surface area contributed by atoms with Crippen molar-refractivity contribution in [3.8, 4) is 0 Å². The fourth-order valence-corrected chi connectivity index (χ4v) is 2.59. The lowest BCUT2D eigenvalue weighted by atomic mass is 10.3. The SMILES string of the molecule is Cc1cc(NS(=O)(=O)c2cc([N+](=O)[O-])ccc2N)on1. The van der Waals surface area contributed by atoms with E-state index in [1.165, 1.54) is 6.07 Å². The van der Waals surface area contributed by atoms with Gasteiger partial charge in [0.05, 0.1) is 16.3 Å². The van der Waals surface area contributed by atoms with Gasteiger partial charge in [-0.3, -0.25) is 10.1 Å². The second-order valence-electron chi connectivity index (χ2n) is 3.92. The van der Waals surface area contributed by atoms with E-state index in [1.54, 1.807) is 6.92 Å². The van der Waals surface area contributed by atoms with E-state index in [9.17, 15) is 18.5 Å². The minimum atomic E-state index is -4.10. The van der Waals surface area contributed by atoms with Crippen molar-refractivity contribution in [1.82, 2.24) is 5.16 Å². The molecule has 106 valence electrons. The van der Waals surface area contributed by atoms with Crippen LogP contribution in [0.15, 0.2) is 33.7 Å². The molecule has 0 saturated heterocycles. The predicted molar refractivity (Wildman–Crippen MR) is 69.6 cm³/mol. The molecule has 1 aromatic carbocycles. The summed E-state index contributed by atoms with van der Waals surface area (Å²) < 4.78 is 31.0. The van der Waals surface area contributed by atoms with Crippen molar-refractivity contribution < 1.29 is 17.9 Å². The number of sulfonamides is 1. The molecule has 0 aliphatic rings. The standard InChI is InChI=1S/C10H10N4O5S/c1-6-4-10(19-12-6)13-20(17,18)9-5-7(14(15)16)2-3-8(9)11/h2-5,13H,11H2,1H3. The molecule has 0 aliphatic heterocycles. The molecule has 0 unspecified atom stereocenters. The van der Waals surface area contributed by atoms with E-state index in [2.05, 4.69) is 9.88 Å². The second kappa shape index (κ2) is 4.81. The number of hydrogen-bond donors (Lipinski definition) is 2. The van der Waals surface area contributed by atoms with E-state index in [4.69, 9.17) is 10.3 Å². The van der Waals surface area contributed by atoms with Gasteiger partial charge in [-0.1, -0.05) is 5.16 Å². The van der Waals surface area contributed by atoms with Crippen LogP contribution >= 0.6 is 0 Å². The zero-order valence-electron chi connectivity index (χ0n) is 10.2. The number of nitrogens with one attached hydrogen (secondary N) is 1. The van der Waals surface area contributed by atoms with Crippen LogP contribution in [-0.4, -0.2) is 18.5 Å². The number of nitrogen functional groups attached to an aromatic ring is 1. The van der Waals surface area contributed by atoms with E-state index in [0.717, 1.165) is 18.2 Å². The maximum atomic E-state index is 12.1. The number of non-ortho nitro benzene ring substituents is 1. The summed E-state index contributed by atoms with van der Waals surface area (Å²) in [6.07, 6.45) is 0. The normalized spacial score (nSPS) is 11.2. The van der Waals surface area contributed by atoms with Gasteiger partial charge >= 0.3 is 0 Å². The van der Waals surface area contributed by atoms with Crippen LogP contribution in [-0.2, 0) is 10.0 Å². The van der Waals surface area contributed by atoms with Crippen molar-refractivity contribution >= 4 is 27.3 Å². The third kappa shape index (κ3) is 2.69. The molecule has 0 aliphatic carbocycles. The van der Waals surface area contributed by atoms with Gasteiger partial charge in [-0.2, -0.15) is 0 Å².